The first-order chi connectivity index (χ1) is 16.9. The van der Waals surface area contributed by atoms with Crippen molar-refractivity contribution >= 4 is 46.9 Å². The molecular weight excluding hydrogens is 484 g/mol. The molecule has 35 heavy (non-hydrogen) atoms. The van der Waals surface area contributed by atoms with Crippen LogP contribution < -0.4 is 9.47 Å². The molecule has 2 aromatic carbocycles. The monoisotopic (exact) mass is 506 g/mol. The Bertz CT molecular complexity index is 1440. The van der Waals surface area contributed by atoms with Gasteiger partial charge in [0.05, 0.1) is 24.8 Å². The van der Waals surface area contributed by atoms with Crippen LogP contribution in [0.15, 0.2) is 58.3 Å². The molecule has 1 aromatic heterocycles. The second-order valence-electron chi connectivity index (χ2n) is 7.56. The highest BCUT2D eigenvalue weighted by Crippen LogP contribution is 2.32. The van der Waals surface area contributed by atoms with Crippen molar-refractivity contribution in [1.29, 1.82) is 5.26 Å². The van der Waals surface area contributed by atoms with E-state index in [4.69, 9.17) is 26.4 Å². The van der Waals surface area contributed by atoms with Crippen LogP contribution in [0.4, 0.5) is 5.69 Å². The van der Waals surface area contributed by atoms with Gasteiger partial charge in [-0.15, -0.1) is 11.3 Å². The molecule has 0 saturated heterocycles. The number of aromatic nitrogens is 1. The normalized spacial score (nSPS) is 15.1. The van der Waals surface area contributed by atoms with E-state index in [-0.39, 0.29) is 23.4 Å². The van der Waals surface area contributed by atoms with E-state index < -0.39 is 0 Å². The van der Waals surface area contributed by atoms with Gasteiger partial charge in [0.15, 0.2) is 15.5 Å². The Morgan fingerprint density at radius 3 is 2.63 bits per heavy atom. The van der Waals surface area contributed by atoms with Gasteiger partial charge < -0.3 is 19.3 Å². The summed E-state index contributed by atoms with van der Waals surface area (Å²) in [5.41, 5.74) is 2.82. The fourth-order valence-corrected chi connectivity index (χ4v) is 4.65. The Morgan fingerprint density at radius 2 is 1.94 bits per heavy atom. The summed E-state index contributed by atoms with van der Waals surface area (Å²) in [5, 5.41) is 20.2. The summed E-state index contributed by atoms with van der Waals surface area (Å²) in [7, 11) is 3.18. The molecule has 178 valence electrons. The van der Waals surface area contributed by atoms with Crippen molar-refractivity contribution in [2.24, 2.45) is 9.98 Å². The van der Waals surface area contributed by atoms with Gasteiger partial charge in [0, 0.05) is 12.6 Å². The van der Waals surface area contributed by atoms with Crippen LogP contribution in [0.2, 0.25) is 0 Å². The summed E-state index contributed by atoms with van der Waals surface area (Å²) in [5.74, 6) is 1.57. The first kappa shape index (κ1) is 24.2. The number of hydrogen-bond donors (Lipinski definition) is 1. The van der Waals surface area contributed by atoms with Crippen LogP contribution in [0.3, 0.4) is 0 Å². The van der Waals surface area contributed by atoms with Crippen molar-refractivity contribution < 1.29 is 19.3 Å². The Labute approximate surface area is 211 Å². The third-order valence-electron chi connectivity index (χ3n) is 5.22. The number of ether oxygens (including phenoxy) is 3. The van der Waals surface area contributed by atoms with Gasteiger partial charge in [0.25, 0.3) is 5.90 Å². The minimum atomic E-state index is 0.00853. The number of methoxy groups -OCH3 is 2. The van der Waals surface area contributed by atoms with E-state index in [0.29, 0.717) is 39.0 Å². The van der Waals surface area contributed by atoms with Crippen LogP contribution in [-0.2, 0) is 17.7 Å². The average molecular weight is 507 g/mol. The fraction of sp³-hybridized carbons (Fsp3) is 0.200. The number of aliphatic imine (C=N–C) groups is 2. The highest BCUT2D eigenvalue weighted by atomic mass is 32.1. The largest absolute Gasteiger partial charge is 0.493 e. The van der Waals surface area contributed by atoms with Gasteiger partial charge in [-0.25, -0.2) is 4.99 Å². The van der Waals surface area contributed by atoms with Crippen LogP contribution in [0, 0.1) is 22.2 Å². The minimum absolute atomic E-state index is 0.00853. The Hall–Kier alpha value is -3.94. The number of hydrogen-bond acceptors (Lipinski definition) is 9. The smallest absolute Gasteiger partial charge is 0.258 e. The lowest BCUT2D eigenvalue weighted by molar-refractivity contribution is 0.354. The fourth-order valence-electron chi connectivity index (χ4n) is 3.37. The number of aromatic hydroxyl groups is 1. The second-order valence-corrected chi connectivity index (χ2v) is 9.23. The first-order valence-electron chi connectivity index (χ1n) is 10.6. The number of thiazole rings is 1. The number of aryl methyl sites for hydroxylation is 2. The molecule has 0 atom stereocenters. The van der Waals surface area contributed by atoms with Crippen LogP contribution in [-0.4, -0.2) is 35.5 Å². The molecule has 10 heteroatoms. The molecule has 4 rings (SSSR count). The van der Waals surface area contributed by atoms with E-state index in [1.807, 2.05) is 55.5 Å². The predicted octanol–water partition coefficient (Wildman–Crippen LogP) is 5.58. The zero-order valence-corrected chi connectivity index (χ0v) is 20.9. The molecule has 3 aromatic rings. The molecule has 2 heterocycles. The Kier molecular flexibility index (Phi) is 7.29. The van der Waals surface area contributed by atoms with Crippen LogP contribution in [0.25, 0.3) is 6.08 Å². The summed E-state index contributed by atoms with van der Waals surface area (Å²) in [6.45, 7) is 2.45. The van der Waals surface area contributed by atoms with E-state index in [1.165, 1.54) is 11.3 Å². The average Bonchev–Trinajstić information content (AvgIpc) is 3.37. The quantitative estimate of drug-likeness (QED) is 0.420. The molecule has 0 bridgehead atoms. The van der Waals surface area contributed by atoms with Gasteiger partial charge in [0.1, 0.15) is 6.07 Å². The summed E-state index contributed by atoms with van der Waals surface area (Å²) in [6, 6.07) is 15.2. The summed E-state index contributed by atoms with van der Waals surface area (Å²) < 4.78 is 18.5. The van der Waals surface area contributed by atoms with Gasteiger partial charge in [-0.1, -0.05) is 23.8 Å². The molecule has 0 spiro atoms. The number of nitriles is 1. The topological polar surface area (TPSA) is 101 Å². The van der Waals surface area contributed by atoms with Crippen molar-refractivity contribution in [2.75, 3.05) is 14.2 Å². The van der Waals surface area contributed by atoms with Gasteiger partial charge in [0.2, 0.25) is 17.5 Å². The molecular formula is C25H22N4O4S2. The second kappa shape index (κ2) is 10.5. The summed E-state index contributed by atoms with van der Waals surface area (Å²) >= 11 is 6.69. The van der Waals surface area contributed by atoms with E-state index in [2.05, 4.69) is 9.98 Å². The SMILES string of the molecule is COc1ccc(CCn2c(O)c(/C=C3\N=C(C#N)C(=Nc4ccc(C)cc4)O3)sc2=S)cc1OC. The predicted molar refractivity (Wildman–Crippen MR) is 138 cm³/mol. The standard InChI is InChI=1S/C25H22N4O4S2/c1-15-4-7-17(8-5-15)27-23-18(14-26)28-22(33-23)13-21-24(30)29(25(34)35-21)11-10-16-6-9-19(31-2)20(12-16)32-3/h4-9,12-13,30H,10-11H2,1-3H3/b22-13+,27-23?. The van der Waals surface area contributed by atoms with Crippen molar-refractivity contribution in [3.63, 3.8) is 0 Å². The van der Waals surface area contributed by atoms with Crippen molar-refractivity contribution in [3.05, 3.63) is 68.3 Å². The molecule has 0 radical (unpaired) electrons. The molecule has 0 amide bonds. The zero-order chi connectivity index (χ0) is 24.9. The van der Waals surface area contributed by atoms with Crippen molar-refractivity contribution in [3.8, 4) is 23.4 Å². The molecule has 8 nitrogen and oxygen atoms in total. The van der Waals surface area contributed by atoms with Crippen molar-refractivity contribution in [2.45, 2.75) is 19.9 Å². The summed E-state index contributed by atoms with van der Waals surface area (Å²) in [4.78, 5) is 9.05. The molecule has 0 saturated carbocycles. The number of benzene rings is 2. The first-order valence-corrected chi connectivity index (χ1v) is 11.8. The van der Waals surface area contributed by atoms with E-state index >= 15 is 0 Å². The lowest BCUT2D eigenvalue weighted by Gasteiger charge is -2.10. The molecule has 1 N–H and O–H groups in total. The van der Waals surface area contributed by atoms with Gasteiger partial charge in [-0.3, -0.25) is 4.57 Å². The van der Waals surface area contributed by atoms with Gasteiger partial charge in [-0.05, 0) is 55.4 Å². The molecule has 1 aliphatic heterocycles. The third-order valence-corrected chi connectivity index (χ3v) is 6.60. The lowest BCUT2D eigenvalue weighted by atomic mass is 10.1. The van der Waals surface area contributed by atoms with E-state index in [0.717, 1.165) is 11.1 Å². The van der Waals surface area contributed by atoms with Crippen LogP contribution in [0.5, 0.6) is 17.4 Å². The maximum absolute atomic E-state index is 10.8. The van der Waals surface area contributed by atoms with Crippen LogP contribution >= 0.6 is 23.6 Å². The molecule has 1 aliphatic rings. The highest BCUT2D eigenvalue weighted by molar-refractivity contribution is 7.73. The maximum Gasteiger partial charge on any atom is 0.258 e. The lowest BCUT2D eigenvalue weighted by Crippen LogP contribution is -2.07. The highest BCUT2D eigenvalue weighted by Gasteiger charge is 2.23. The van der Waals surface area contributed by atoms with E-state index in [9.17, 15) is 10.4 Å². The molecule has 0 fully saturated rings. The summed E-state index contributed by atoms with van der Waals surface area (Å²) in [6.07, 6.45) is 2.17. The van der Waals surface area contributed by atoms with E-state index in [1.54, 1.807) is 24.9 Å². The van der Waals surface area contributed by atoms with Gasteiger partial charge in [-0.2, -0.15) is 10.3 Å². The van der Waals surface area contributed by atoms with Crippen LogP contribution in [0.1, 0.15) is 16.0 Å². The molecule has 0 unspecified atom stereocenters. The number of rotatable bonds is 7. The van der Waals surface area contributed by atoms with Gasteiger partial charge >= 0.3 is 0 Å². The number of nitrogens with zero attached hydrogens (tertiary/aromatic N) is 4. The Morgan fingerprint density at radius 1 is 1.20 bits per heavy atom. The third kappa shape index (κ3) is 5.42. The maximum atomic E-state index is 10.8. The molecule has 0 aliphatic carbocycles. The Balaban J connectivity index is 1.53. The zero-order valence-electron chi connectivity index (χ0n) is 19.3. The minimum Gasteiger partial charge on any atom is -0.493 e. The van der Waals surface area contributed by atoms with Crippen molar-refractivity contribution in [1.82, 2.24) is 4.57 Å².